The molecule has 1 fully saturated rings. The van der Waals surface area contributed by atoms with Crippen molar-refractivity contribution < 1.29 is 4.74 Å². The fraction of sp³-hybridized carbons (Fsp3) is 0.500. The Bertz CT molecular complexity index is 429. The Morgan fingerprint density at radius 3 is 2.83 bits per heavy atom. The maximum atomic E-state index is 5.41. The van der Waals surface area contributed by atoms with Crippen LogP contribution >= 0.6 is 0 Å². The number of terminal acetylenes is 1. The summed E-state index contributed by atoms with van der Waals surface area (Å²) in [5, 5.41) is 3.57. The summed E-state index contributed by atoms with van der Waals surface area (Å²) < 4.78 is 5.41. The van der Waals surface area contributed by atoms with Gasteiger partial charge in [0.1, 0.15) is 5.75 Å². The third-order valence-electron chi connectivity index (χ3n) is 3.66. The number of ether oxygens (including phenoxy) is 1. The Kier molecular flexibility index (Phi) is 4.28. The second-order valence-corrected chi connectivity index (χ2v) is 5.08. The van der Waals surface area contributed by atoms with Gasteiger partial charge in [-0.2, -0.15) is 0 Å². The summed E-state index contributed by atoms with van der Waals surface area (Å²) in [6.45, 7) is 2.15. The Balaban J connectivity index is 1.87. The Labute approximate surface area is 110 Å². The van der Waals surface area contributed by atoms with E-state index in [2.05, 4.69) is 30.3 Å². The molecule has 2 nitrogen and oxygen atoms in total. The molecule has 1 aliphatic carbocycles. The van der Waals surface area contributed by atoms with E-state index in [1.165, 1.54) is 18.4 Å². The molecule has 0 aliphatic heterocycles. The van der Waals surface area contributed by atoms with E-state index in [-0.39, 0.29) is 0 Å². The van der Waals surface area contributed by atoms with Crippen molar-refractivity contribution in [2.45, 2.75) is 44.2 Å². The lowest BCUT2D eigenvalue weighted by atomic mass is 9.75. The highest BCUT2D eigenvalue weighted by molar-refractivity contribution is 5.37. The molecule has 0 aromatic heterocycles. The van der Waals surface area contributed by atoms with E-state index < -0.39 is 0 Å². The van der Waals surface area contributed by atoms with Crippen LogP contribution in [0.4, 0.5) is 0 Å². The number of benzene rings is 1. The molecule has 0 amide bonds. The first-order valence-electron chi connectivity index (χ1n) is 6.57. The summed E-state index contributed by atoms with van der Waals surface area (Å²) in [6.07, 6.45) is 8.47. The van der Waals surface area contributed by atoms with E-state index in [1.807, 2.05) is 12.1 Å². The van der Waals surface area contributed by atoms with Crippen LogP contribution in [0.15, 0.2) is 24.3 Å². The summed E-state index contributed by atoms with van der Waals surface area (Å²) in [6, 6.07) is 9.33. The molecular weight excluding hydrogens is 222 g/mol. The van der Waals surface area contributed by atoms with E-state index in [9.17, 15) is 0 Å². The molecule has 0 heterocycles. The number of hydrogen-bond donors (Lipinski definition) is 1. The fourth-order valence-corrected chi connectivity index (χ4v) is 2.65. The van der Waals surface area contributed by atoms with Crippen molar-refractivity contribution in [3.8, 4) is 18.1 Å². The van der Waals surface area contributed by atoms with Gasteiger partial charge in [-0.1, -0.05) is 18.2 Å². The van der Waals surface area contributed by atoms with Gasteiger partial charge in [-0.15, -0.1) is 12.3 Å². The Morgan fingerprint density at radius 1 is 1.44 bits per heavy atom. The third kappa shape index (κ3) is 2.86. The minimum absolute atomic E-state index is 0.415. The molecule has 1 aromatic carbocycles. The molecule has 96 valence electrons. The van der Waals surface area contributed by atoms with Gasteiger partial charge in [-0.3, -0.25) is 0 Å². The molecule has 1 unspecified atom stereocenters. The quantitative estimate of drug-likeness (QED) is 0.803. The lowest BCUT2D eigenvalue weighted by Crippen LogP contribution is -2.44. The normalized spacial score (nSPS) is 23.8. The number of para-hydroxylation sites is 1. The highest BCUT2D eigenvalue weighted by Gasteiger charge is 2.32. The summed E-state index contributed by atoms with van der Waals surface area (Å²) in [4.78, 5) is 0. The third-order valence-corrected chi connectivity index (χ3v) is 3.66. The van der Waals surface area contributed by atoms with Crippen LogP contribution in [0.5, 0.6) is 5.75 Å². The number of nitrogens with one attached hydrogen (secondary N) is 1. The van der Waals surface area contributed by atoms with Crippen LogP contribution in [0.2, 0.25) is 0 Å². The van der Waals surface area contributed by atoms with Gasteiger partial charge in [0.25, 0.3) is 0 Å². The fourth-order valence-electron chi connectivity index (χ4n) is 2.65. The lowest BCUT2D eigenvalue weighted by Gasteiger charge is -2.38. The van der Waals surface area contributed by atoms with Crippen LogP contribution in [0.1, 0.15) is 37.7 Å². The zero-order valence-electron chi connectivity index (χ0n) is 11.1. The molecular formula is C16H21NO. The van der Waals surface area contributed by atoms with Crippen LogP contribution in [-0.4, -0.2) is 19.2 Å². The molecule has 1 saturated carbocycles. The second-order valence-electron chi connectivity index (χ2n) is 5.08. The molecule has 2 rings (SSSR count). The number of methoxy groups -OCH3 is 1. The van der Waals surface area contributed by atoms with E-state index in [0.717, 1.165) is 12.2 Å². The standard InChI is InChI=1S/C16H21NO/c1-4-7-12(2)17-14-10-13(11-14)15-8-5-6-9-16(15)18-3/h1,5-6,8-9,12-14,17H,7,10-11H2,2-3H3. The smallest absolute Gasteiger partial charge is 0.122 e. The second kappa shape index (κ2) is 5.93. The van der Waals surface area contributed by atoms with Crippen molar-refractivity contribution >= 4 is 0 Å². The topological polar surface area (TPSA) is 21.3 Å². The largest absolute Gasteiger partial charge is 0.496 e. The summed E-state index contributed by atoms with van der Waals surface area (Å²) >= 11 is 0. The molecule has 1 N–H and O–H groups in total. The molecule has 0 saturated heterocycles. The Morgan fingerprint density at radius 2 is 2.17 bits per heavy atom. The van der Waals surface area contributed by atoms with Gasteiger partial charge in [-0.25, -0.2) is 0 Å². The van der Waals surface area contributed by atoms with Gasteiger partial charge in [0.2, 0.25) is 0 Å². The SMILES string of the molecule is C#CCC(C)NC1CC(c2ccccc2OC)C1. The van der Waals surface area contributed by atoms with Gasteiger partial charge in [0.15, 0.2) is 0 Å². The van der Waals surface area contributed by atoms with Gasteiger partial charge >= 0.3 is 0 Å². The summed E-state index contributed by atoms with van der Waals surface area (Å²) in [5.74, 6) is 4.33. The maximum absolute atomic E-state index is 5.41. The maximum Gasteiger partial charge on any atom is 0.122 e. The van der Waals surface area contributed by atoms with Gasteiger partial charge in [-0.05, 0) is 37.3 Å². The summed E-state index contributed by atoms with van der Waals surface area (Å²) in [5.41, 5.74) is 1.34. The van der Waals surface area contributed by atoms with Crippen molar-refractivity contribution in [2.75, 3.05) is 7.11 Å². The first-order chi connectivity index (χ1) is 8.74. The number of rotatable bonds is 5. The highest BCUT2D eigenvalue weighted by Crippen LogP contribution is 2.41. The minimum atomic E-state index is 0.415. The summed E-state index contributed by atoms with van der Waals surface area (Å²) in [7, 11) is 1.74. The van der Waals surface area contributed by atoms with Crippen LogP contribution in [0.25, 0.3) is 0 Å². The first-order valence-corrected chi connectivity index (χ1v) is 6.57. The average molecular weight is 243 g/mol. The van der Waals surface area contributed by atoms with Crippen LogP contribution in [0.3, 0.4) is 0 Å². The zero-order chi connectivity index (χ0) is 13.0. The van der Waals surface area contributed by atoms with E-state index in [1.54, 1.807) is 7.11 Å². The number of hydrogen-bond acceptors (Lipinski definition) is 2. The highest BCUT2D eigenvalue weighted by atomic mass is 16.5. The predicted molar refractivity (Wildman–Crippen MR) is 74.8 cm³/mol. The molecule has 1 aliphatic rings. The van der Waals surface area contributed by atoms with Gasteiger partial charge < -0.3 is 10.1 Å². The molecule has 0 spiro atoms. The van der Waals surface area contributed by atoms with E-state index in [0.29, 0.717) is 18.0 Å². The van der Waals surface area contributed by atoms with Crippen molar-refractivity contribution in [3.63, 3.8) is 0 Å². The van der Waals surface area contributed by atoms with Crippen LogP contribution in [0, 0.1) is 12.3 Å². The molecule has 0 bridgehead atoms. The van der Waals surface area contributed by atoms with Crippen LogP contribution < -0.4 is 10.1 Å². The minimum Gasteiger partial charge on any atom is -0.496 e. The Hall–Kier alpha value is -1.46. The van der Waals surface area contributed by atoms with E-state index in [4.69, 9.17) is 11.2 Å². The lowest BCUT2D eigenvalue weighted by molar-refractivity contribution is 0.265. The van der Waals surface area contributed by atoms with Gasteiger partial charge in [0.05, 0.1) is 7.11 Å². The van der Waals surface area contributed by atoms with E-state index >= 15 is 0 Å². The zero-order valence-corrected chi connectivity index (χ0v) is 11.1. The first kappa shape index (κ1) is 13.0. The molecule has 0 radical (unpaired) electrons. The van der Waals surface area contributed by atoms with Crippen molar-refractivity contribution in [2.24, 2.45) is 0 Å². The van der Waals surface area contributed by atoms with Crippen molar-refractivity contribution in [3.05, 3.63) is 29.8 Å². The van der Waals surface area contributed by atoms with Crippen molar-refractivity contribution in [1.29, 1.82) is 0 Å². The van der Waals surface area contributed by atoms with Crippen LogP contribution in [-0.2, 0) is 0 Å². The molecule has 1 atom stereocenters. The van der Waals surface area contributed by atoms with Gasteiger partial charge in [0, 0.05) is 18.5 Å². The average Bonchev–Trinajstić information content (AvgIpc) is 2.33. The molecule has 1 aromatic rings. The molecule has 2 heteroatoms. The molecule has 18 heavy (non-hydrogen) atoms. The van der Waals surface area contributed by atoms with Crippen molar-refractivity contribution in [1.82, 2.24) is 5.32 Å². The predicted octanol–water partition coefficient (Wildman–Crippen LogP) is 2.94. The monoisotopic (exact) mass is 243 g/mol.